The molecule has 2 bridgehead atoms. The highest BCUT2D eigenvalue weighted by atomic mass is 16.7. The van der Waals surface area contributed by atoms with Gasteiger partial charge in [-0.05, 0) is 56.8 Å². The number of ether oxygens (including phenoxy) is 2. The minimum atomic E-state index is -0.836. The summed E-state index contributed by atoms with van der Waals surface area (Å²) in [4.78, 5) is 13.8. The molecule has 2 N–H and O–H groups in total. The molecule has 0 aromatic heterocycles. The van der Waals surface area contributed by atoms with Crippen LogP contribution in [0, 0.1) is 39.9 Å². The first-order valence-electron chi connectivity index (χ1n) is 11.1. The Morgan fingerprint density at radius 2 is 1.71 bits per heavy atom. The second-order valence-electron chi connectivity index (χ2n) is 11.8. The maximum absolute atomic E-state index is 13.8. The number of hydrogen-bond donors (Lipinski definition) is 2. The van der Waals surface area contributed by atoms with Gasteiger partial charge in [0.1, 0.15) is 5.78 Å². The lowest BCUT2D eigenvalue weighted by molar-refractivity contribution is -0.394. The molecular weight excluding hydrogens is 356 g/mol. The molecule has 158 valence electrons. The van der Waals surface area contributed by atoms with E-state index >= 15 is 0 Å². The van der Waals surface area contributed by atoms with Crippen LogP contribution in [0.2, 0.25) is 0 Å². The predicted molar refractivity (Wildman–Crippen MR) is 103 cm³/mol. The maximum atomic E-state index is 13.8. The minimum absolute atomic E-state index is 0.0262. The fourth-order valence-electron chi connectivity index (χ4n) is 8.69. The molecule has 5 nitrogen and oxygen atoms in total. The molecule has 1 spiro atoms. The average molecular weight is 393 g/mol. The van der Waals surface area contributed by atoms with Gasteiger partial charge in [-0.2, -0.15) is 0 Å². The van der Waals surface area contributed by atoms with Crippen molar-refractivity contribution in [3.63, 3.8) is 0 Å². The van der Waals surface area contributed by atoms with Crippen LogP contribution in [-0.2, 0) is 14.3 Å². The van der Waals surface area contributed by atoms with Crippen molar-refractivity contribution in [2.45, 2.75) is 97.4 Å². The molecule has 0 aromatic rings. The Morgan fingerprint density at radius 1 is 1.04 bits per heavy atom. The van der Waals surface area contributed by atoms with Crippen LogP contribution in [0.3, 0.4) is 0 Å². The van der Waals surface area contributed by atoms with Crippen LogP contribution >= 0.6 is 0 Å². The van der Waals surface area contributed by atoms with Crippen molar-refractivity contribution in [3.8, 4) is 0 Å². The number of ketones is 1. The van der Waals surface area contributed by atoms with Gasteiger partial charge in [0.25, 0.3) is 0 Å². The van der Waals surface area contributed by atoms with E-state index in [1.807, 2.05) is 20.8 Å². The average Bonchev–Trinajstić information content (AvgIpc) is 2.72. The molecule has 1 heterocycles. The molecule has 0 radical (unpaired) electrons. The van der Waals surface area contributed by atoms with Crippen molar-refractivity contribution >= 4 is 5.78 Å². The van der Waals surface area contributed by atoms with Gasteiger partial charge in [0.05, 0.1) is 29.8 Å². The van der Waals surface area contributed by atoms with E-state index in [2.05, 4.69) is 20.8 Å². The van der Waals surface area contributed by atoms with Crippen molar-refractivity contribution in [1.29, 1.82) is 0 Å². The predicted octanol–water partition coefficient (Wildman–Crippen LogP) is 2.92. The fourth-order valence-corrected chi connectivity index (χ4v) is 8.69. The highest BCUT2D eigenvalue weighted by Gasteiger charge is 2.80. The lowest BCUT2D eigenvalue weighted by Crippen LogP contribution is -2.76. The highest BCUT2D eigenvalue weighted by molar-refractivity contribution is 5.92. The highest BCUT2D eigenvalue weighted by Crippen LogP contribution is 2.73. The van der Waals surface area contributed by atoms with Gasteiger partial charge in [-0.3, -0.25) is 4.79 Å². The van der Waals surface area contributed by atoms with Crippen molar-refractivity contribution in [2.75, 3.05) is 0 Å². The van der Waals surface area contributed by atoms with E-state index < -0.39 is 28.8 Å². The maximum Gasteiger partial charge on any atom is 0.163 e. The zero-order chi connectivity index (χ0) is 20.4. The van der Waals surface area contributed by atoms with Gasteiger partial charge in [0, 0.05) is 17.3 Å². The van der Waals surface area contributed by atoms with E-state index in [0.29, 0.717) is 6.42 Å². The van der Waals surface area contributed by atoms with Crippen molar-refractivity contribution in [1.82, 2.24) is 0 Å². The van der Waals surface area contributed by atoms with Crippen LogP contribution in [0.25, 0.3) is 0 Å². The summed E-state index contributed by atoms with van der Waals surface area (Å²) < 4.78 is 12.9. The molecule has 1 saturated heterocycles. The standard InChI is InChI=1S/C23H36O5/c1-11-12-9-13(24)17-22(6)14(20(2,3)8-7-15(22)25)10-16-23(17,18(11)26)19(12)28-21(4,5)27-16/h11-17,19,24-25H,7-10H2,1-6H3/t11-,12-,13-,14+,15-,16-,17-,19-,22+,23+/m1/s1. The molecule has 0 aromatic carbocycles. The Balaban J connectivity index is 1.75. The molecule has 4 aliphatic carbocycles. The van der Waals surface area contributed by atoms with Gasteiger partial charge in [0.15, 0.2) is 5.79 Å². The number of aliphatic hydroxyl groups is 2. The van der Waals surface area contributed by atoms with Gasteiger partial charge in [-0.15, -0.1) is 0 Å². The molecule has 1 aliphatic heterocycles. The first kappa shape index (κ1) is 19.5. The van der Waals surface area contributed by atoms with E-state index in [4.69, 9.17) is 9.47 Å². The number of fused-ring (bicyclic) bond motifs is 2. The Kier molecular flexibility index (Phi) is 3.76. The monoisotopic (exact) mass is 392 g/mol. The Morgan fingerprint density at radius 3 is 2.39 bits per heavy atom. The summed E-state index contributed by atoms with van der Waals surface area (Å²) in [5.41, 5.74) is -1.33. The first-order valence-corrected chi connectivity index (χ1v) is 11.1. The Bertz CT molecular complexity index is 716. The Hall–Kier alpha value is -0.490. The number of hydrogen-bond acceptors (Lipinski definition) is 5. The van der Waals surface area contributed by atoms with Gasteiger partial charge in [0.2, 0.25) is 0 Å². The molecular formula is C23H36O5. The molecule has 5 rings (SSSR count). The van der Waals surface area contributed by atoms with E-state index in [0.717, 1.165) is 19.3 Å². The van der Waals surface area contributed by atoms with E-state index in [1.54, 1.807) is 0 Å². The molecule has 4 saturated carbocycles. The zero-order valence-corrected chi connectivity index (χ0v) is 18.1. The number of carbonyl (C=O) groups excluding carboxylic acids is 1. The molecule has 0 amide bonds. The molecule has 5 fully saturated rings. The summed E-state index contributed by atoms with van der Waals surface area (Å²) in [5.74, 6) is -0.794. The largest absolute Gasteiger partial charge is 0.393 e. The third-order valence-electron chi connectivity index (χ3n) is 9.72. The number of rotatable bonds is 0. The normalized spacial score (nSPS) is 58.8. The first-order chi connectivity index (χ1) is 12.9. The van der Waals surface area contributed by atoms with Crippen LogP contribution in [0.1, 0.15) is 67.2 Å². The van der Waals surface area contributed by atoms with Crippen LogP contribution in [0.15, 0.2) is 0 Å². The third kappa shape index (κ3) is 2.00. The van der Waals surface area contributed by atoms with Crippen molar-refractivity contribution in [3.05, 3.63) is 0 Å². The molecule has 10 atom stereocenters. The lowest BCUT2D eigenvalue weighted by Gasteiger charge is -2.70. The van der Waals surface area contributed by atoms with Crippen LogP contribution in [0.4, 0.5) is 0 Å². The van der Waals surface area contributed by atoms with Crippen molar-refractivity contribution in [2.24, 2.45) is 39.9 Å². The zero-order valence-electron chi connectivity index (χ0n) is 18.1. The van der Waals surface area contributed by atoms with Gasteiger partial charge in [-0.25, -0.2) is 0 Å². The quantitative estimate of drug-likeness (QED) is 0.663. The lowest BCUT2D eigenvalue weighted by atomic mass is 9.38. The summed E-state index contributed by atoms with van der Waals surface area (Å²) >= 11 is 0. The van der Waals surface area contributed by atoms with Crippen molar-refractivity contribution < 1.29 is 24.5 Å². The molecule has 28 heavy (non-hydrogen) atoms. The topological polar surface area (TPSA) is 76.0 Å². The molecule has 5 heteroatoms. The van der Waals surface area contributed by atoms with Crippen LogP contribution in [-0.4, -0.2) is 46.2 Å². The summed E-state index contributed by atoms with van der Waals surface area (Å²) in [5, 5.41) is 22.7. The van der Waals surface area contributed by atoms with Gasteiger partial charge >= 0.3 is 0 Å². The second kappa shape index (κ2) is 5.40. The summed E-state index contributed by atoms with van der Waals surface area (Å²) in [6, 6.07) is 0. The van der Waals surface area contributed by atoms with Gasteiger partial charge < -0.3 is 19.7 Å². The molecule has 5 aliphatic rings. The third-order valence-corrected chi connectivity index (χ3v) is 9.72. The molecule has 0 unspecified atom stereocenters. The van der Waals surface area contributed by atoms with E-state index in [1.165, 1.54) is 0 Å². The number of Topliss-reactive ketones (excluding diaryl/α,β-unsaturated/α-hetero) is 1. The summed E-state index contributed by atoms with van der Waals surface area (Å²) in [6.07, 6.45) is 1.37. The fraction of sp³-hybridized carbons (Fsp3) is 0.957. The van der Waals surface area contributed by atoms with Gasteiger partial charge in [-0.1, -0.05) is 27.7 Å². The SMILES string of the molecule is C[C@H]1C(=O)[C@]23[C@@H]4OC(C)(C)O[C@@H]2C[C@H]2C(C)(C)CC[C@@H](O)[C@@]2(C)[C@H]3[C@H](O)C[C@@H]41. The van der Waals surface area contributed by atoms with E-state index in [9.17, 15) is 15.0 Å². The van der Waals surface area contributed by atoms with Crippen LogP contribution in [0.5, 0.6) is 0 Å². The Labute approximate surface area is 168 Å². The summed E-state index contributed by atoms with van der Waals surface area (Å²) in [7, 11) is 0. The minimum Gasteiger partial charge on any atom is -0.393 e. The summed E-state index contributed by atoms with van der Waals surface area (Å²) in [6.45, 7) is 12.6. The van der Waals surface area contributed by atoms with E-state index in [-0.39, 0.29) is 47.1 Å². The van der Waals surface area contributed by atoms with Crippen LogP contribution < -0.4 is 0 Å². The number of carbonyl (C=O) groups is 1. The second-order valence-corrected chi connectivity index (χ2v) is 11.8. The number of aliphatic hydroxyl groups excluding tert-OH is 2. The smallest absolute Gasteiger partial charge is 0.163 e.